The van der Waals surface area contributed by atoms with E-state index < -0.39 is 6.04 Å². The lowest BCUT2D eigenvalue weighted by atomic mass is 9.86. The highest BCUT2D eigenvalue weighted by atomic mass is 16.5. The number of fused-ring (bicyclic) bond motifs is 1. The molecule has 0 saturated carbocycles. The maximum absolute atomic E-state index is 13.9. The molecule has 38 heavy (non-hydrogen) atoms. The minimum atomic E-state index is -0.472. The molecule has 1 amide bonds. The van der Waals surface area contributed by atoms with E-state index in [1.54, 1.807) is 22.6 Å². The predicted octanol–water partition coefficient (Wildman–Crippen LogP) is 6.23. The number of carbonyl (C=O) groups excluding carboxylic acids is 1. The summed E-state index contributed by atoms with van der Waals surface area (Å²) in [5, 5.41) is 0.541. The number of para-hydroxylation sites is 1. The SMILES string of the molecule is COCCCN(C(=O)c1ccc(C(C)(C)C)cc1)C(C)c1nc2ccccc2c(=O)n1-c1ccc(C)cc1. The molecule has 6 heteroatoms. The minimum absolute atomic E-state index is 0.00780. The average molecular weight is 512 g/mol. The zero-order valence-corrected chi connectivity index (χ0v) is 23.2. The van der Waals surface area contributed by atoms with Crippen molar-refractivity contribution in [3.8, 4) is 5.69 Å². The largest absolute Gasteiger partial charge is 0.385 e. The van der Waals surface area contributed by atoms with Crippen molar-refractivity contribution in [3.05, 3.63) is 106 Å². The van der Waals surface area contributed by atoms with Gasteiger partial charge in [0.25, 0.3) is 11.5 Å². The van der Waals surface area contributed by atoms with Gasteiger partial charge in [0.1, 0.15) is 5.82 Å². The number of methoxy groups -OCH3 is 1. The lowest BCUT2D eigenvalue weighted by molar-refractivity contribution is 0.0657. The number of ether oxygens (including phenoxy) is 1. The fourth-order valence-corrected chi connectivity index (χ4v) is 4.64. The number of aromatic nitrogens is 2. The Morgan fingerprint density at radius 3 is 2.29 bits per heavy atom. The van der Waals surface area contributed by atoms with Crippen molar-refractivity contribution < 1.29 is 9.53 Å². The molecule has 4 aromatic rings. The van der Waals surface area contributed by atoms with Gasteiger partial charge in [0, 0.05) is 25.8 Å². The number of rotatable bonds is 8. The summed E-state index contributed by atoms with van der Waals surface area (Å²) in [7, 11) is 1.65. The van der Waals surface area contributed by atoms with E-state index in [0.717, 1.165) is 16.8 Å². The fraction of sp³-hybridized carbons (Fsp3) is 0.344. The quantitative estimate of drug-likeness (QED) is 0.263. The lowest BCUT2D eigenvalue weighted by Crippen LogP contribution is -2.38. The van der Waals surface area contributed by atoms with Gasteiger partial charge in [-0.2, -0.15) is 0 Å². The Morgan fingerprint density at radius 1 is 1.00 bits per heavy atom. The molecule has 1 aromatic heterocycles. The van der Waals surface area contributed by atoms with E-state index in [9.17, 15) is 9.59 Å². The van der Waals surface area contributed by atoms with Gasteiger partial charge in [0.05, 0.1) is 22.6 Å². The molecule has 0 aliphatic rings. The van der Waals surface area contributed by atoms with Crippen LogP contribution in [-0.2, 0) is 10.2 Å². The fourth-order valence-electron chi connectivity index (χ4n) is 4.64. The Morgan fingerprint density at radius 2 is 1.66 bits per heavy atom. The molecule has 0 N–H and O–H groups in total. The summed E-state index contributed by atoms with van der Waals surface area (Å²) in [5.74, 6) is 0.418. The third-order valence-corrected chi connectivity index (χ3v) is 6.94. The van der Waals surface area contributed by atoms with Crippen molar-refractivity contribution >= 4 is 16.8 Å². The number of nitrogens with zero attached hydrogens (tertiary/aromatic N) is 3. The summed E-state index contributed by atoms with van der Waals surface area (Å²) in [6.07, 6.45) is 0.662. The molecule has 0 fully saturated rings. The number of hydrogen-bond donors (Lipinski definition) is 0. The highest BCUT2D eigenvalue weighted by Crippen LogP contribution is 2.27. The summed E-state index contributed by atoms with van der Waals surface area (Å²) in [6.45, 7) is 11.4. The van der Waals surface area contributed by atoms with Gasteiger partial charge in [-0.1, -0.05) is 62.7 Å². The van der Waals surface area contributed by atoms with Gasteiger partial charge in [0.15, 0.2) is 0 Å². The molecular weight excluding hydrogens is 474 g/mol. The monoisotopic (exact) mass is 511 g/mol. The van der Waals surface area contributed by atoms with Crippen molar-refractivity contribution in [2.24, 2.45) is 0 Å². The van der Waals surface area contributed by atoms with Gasteiger partial charge in [-0.3, -0.25) is 14.2 Å². The van der Waals surface area contributed by atoms with Crippen LogP contribution in [0.15, 0.2) is 77.6 Å². The molecule has 0 spiro atoms. The van der Waals surface area contributed by atoms with E-state index in [1.165, 1.54) is 0 Å². The second kappa shape index (κ2) is 11.3. The van der Waals surface area contributed by atoms with Crippen LogP contribution < -0.4 is 5.56 Å². The van der Waals surface area contributed by atoms with Crippen LogP contribution in [0.25, 0.3) is 16.6 Å². The van der Waals surface area contributed by atoms with Gasteiger partial charge in [-0.25, -0.2) is 4.98 Å². The third-order valence-electron chi connectivity index (χ3n) is 6.94. The number of benzene rings is 3. The number of carbonyl (C=O) groups is 1. The van der Waals surface area contributed by atoms with Crippen molar-refractivity contribution in [1.29, 1.82) is 0 Å². The first kappa shape index (κ1) is 27.3. The minimum Gasteiger partial charge on any atom is -0.385 e. The van der Waals surface area contributed by atoms with E-state index >= 15 is 0 Å². The molecule has 0 aliphatic carbocycles. The summed E-state index contributed by atoms with van der Waals surface area (Å²) in [6, 6.07) is 22.5. The summed E-state index contributed by atoms with van der Waals surface area (Å²) < 4.78 is 6.93. The zero-order chi connectivity index (χ0) is 27.4. The van der Waals surface area contributed by atoms with Gasteiger partial charge in [0.2, 0.25) is 0 Å². The highest BCUT2D eigenvalue weighted by Gasteiger charge is 2.28. The van der Waals surface area contributed by atoms with E-state index in [0.29, 0.717) is 41.9 Å². The Bertz CT molecular complexity index is 1470. The predicted molar refractivity (Wildman–Crippen MR) is 153 cm³/mol. The first-order chi connectivity index (χ1) is 18.1. The van der Waals surface area contributed by atoms with Gasteiger partial charge >= 0.3 is 0 Å². The Labute approximate surface area is 224 Å². The molecule has 198 valence electrons. The van der Waals surface area contributed by atoms with Gasteiger partial charge < -0.3 is 9.64 Å². The van der Waals surface area contributed by atoms with Crippen LogP contribution in [0.1, 0.15) is 67.5 Å². The van der Waals surface area contributed by atoms with E-state index in [2.05, 4.69) is 20.8 Å². The second-order valence-electron chi connectivity index (χ2n) is 10.8. The van der Waals surface area contributed by atoms with Crippen LogP contribution in [0, 0.1) is 6.92 Å². The normalized spacial score (nSPS) is 12.5. The van der Waals surface area contributed by atoms with E-state index in [1.807, 2.05) is 80.6 Å². The van der Waals surface area contributed by atoms with Crippen LogP contribution in [0.3, 0.4) is 0 Å². The average Bonchev–Trinajstić information content (AvgIpc) is 2.91. The standard InChI is InChI=1S/C32H37N3O3/c1-22-12-18-26(19-13-22)35-29(33-28-11-8-7-10-27(28)31(35)37)23(2)34(20-9-21-38-6)30(36)24-14-16-25(17-15-24)32(3,4)5/h7-8,10-19,23H,9,20-21H2,1-6H3. The molecule has 1 heterocycles. The topological polar surface area (TPSA) is 64.4 Å². The molecule has 0 radical (unpaired) electrons. The summed E-state index contributed by atoms with van der Waals surface area (Å²) in [4.78, 5) is 34.5. The third kappa shape index (κ3) is 5.70. The molecule has 1 unspecified atom stereocenters. The van der Waals surface area contributed by atoms with Crippen molar-refractivity contribution in [3.63, 3.8) is 0 Å². The van der Waals surface area contributed by atoms with E-state index in [4.69, 9.17) is 9.72 Å². The van der Waals surface area contributed by atoms with Gasteiger partial charge in [-0.05, 0) is 67.6 Å². The molecule has 0 bridgehead atoms. The molecule has 1 atom stereocenters. The second-order valence-corrected chi connectivity index (χ2v) is 10.8. The van der Waals surface area contributed by atoms with Crippen LogP contribution in [0.5, 0.6) is 0 Å². The number of amides is 1. The number of hydrogen-bond acceptors (Lipinski definition) is 4. The van der Waals surface area contributed by atoms with Crippen molar-refractivity contribution in [2.75, 3.05) is 20.3 Å². The smallest absolute Gasteiger partial charge is 0.266 e. The maximum atomic E-state index is 13.9. The van der Waals surface area contributed by atoms with Crippen molar-refractivity contribution in [2.45, 2.75) is 52.5 Å². The van der Waals surface area contributed by atoms with Crippen LogP contribution in [0.4, 0.5) is 0 Å². The Balaban J connectivity index is 1.83. The van der Waals surface area contributed by atoms with Crippen LogP contribution in [0.2, 0.25) is 0 Å². The van der Waals surface area contributed by atoms with Crippen LogP contribution >= 0.6 is 0 Å². The Hall–Kier alpha value is -3.77. The first-order valence-electron chi connectivity index (χ1n) is 13.1. The molecule has 0 saturated heterocycles. The van der Waals surface area contributed by atoms with Crippen molar-refractivity contribution in [1.82, 2.24) is 14.5 Å². The van der Waals surface area contributed by atoms with E-state index in [-0.39, 0.29) is 16.9 Å². The highest BCUT2D eigenvalue weighted by molar-refractivity contribution is 5.94. The summed E-state index contributed by atoms with van der Waals surface area (Å²) in [5.41, 5.74) is 4.04. The molecular formula is C32H37N3O3. The van der Waals surface area contributed by atoms with Crippen LogP contribution in [-0.4, -0.2) is 40.6 Å². The zero-order valence-electron chi connectivity index (χ0n) is 23.2. The molecule has 0 aliphatic heterocycles. The number of aryl methyl sites for hydroxylation is 1. The Kier molecular flexibility index (Phi) is 8.12. The molecule has 3 aromatic carbocycles. The van der Waals surface area contributed by atoms with Gasteiger partial charge in [-0.15, -0.1) is 0 Å². The molecule has 4 rings (SSSR count). The first-order valence-corrected chi connectivity index (χ1v) is 13.1. The maximum Gasteiger partial charge on any atom is 0.266 e. The molecule has 6 nitrogen and oxygen atoms in total. The summed E-state index contributed by atoms with van der Waals surface area (Å²) >= 11 is 0. The lowest BCUT2D eigenvalue weighted by Gasteiger charge is -2.31.